The lowest BCUT2D eigenvalue weighted by atomic mass is 10.0. The van der Waals surface area contributed by atoms with E-state index in [-0.39, 0.29) is 10.6 Å². The molecule has 4 rings (SSSR count). The zero-order valence-electron chi connectivity index (χ0n) is 14.2. The maximum atomic E-state index is 12.8. The molecule has 9 heteroatoms. The number of hydrogen-bond acceptors (Lipinski definition) is 5. The fraction of sp³-hybridized carbons (Fsp3) is 0.647. The second-order valence-electron chi connectivity index (χ2n) is 7.26. The van der Waals surface area contributed by atoms with Crippen molar-refractivity contribution in [3.63, 3.8) is 0 Å². The van der Waals surface area contributed by atoms with E-state index in [0.29, 0.717) is 37.0 Å². The summed E-state index contributed by atoms with van der Waals surface area (Å²) in [5.41, 5.74) is 0. The monoisotopic (exact) mass is 388 g/mol. The van der Waals surface area contributed by atoms with E-state index in [9.17, 15) is 17.2 Å². The highest BCUT2D eigenvalue weighted by Crippen LogP contribution is 2.40. The Kier molecular flexibility index (Phi) is 4.89. The van der Waals surface area contributed by atoms with Crippen LogP contribution in [0.25, 0.3) is 0 Å². The van der Waals surface area contributed by atoms with Crippen molar-refractivity contribution < 1.29 is 26.7 Å². The zero-order chi connectivity index (χ0) is 18.3. The minimum Gasteiger partial charge on any atom is -0.435 e. The number of hydrogen-bond donors (Lipinski definition) is 1. The molecular weight excluding hydrogens is 366 g/mol. The predicted octanol–water partition coefficient (Wildman–Crippen LogP) is 1.68. The minimum absolute atomic E-state index is 0.0499. The fourth-order valence-electron chi connectivity index (χ4n) is 4.20. The second-order valence-corrected chi connectivity index (χ2v) is 9.20. The number of rotatable bonds is 6. The molecule has 0 amide bonds. The van der Waals surface area contributed by atoms with Crippen LogP contribution in [0.15, 0.2) is 29.2 Å². The molecule has 144 valence electrons. The smallest absolute Gasteiger partial charge is 0.387 e. The molecule has 0 radical (unpaired) electrons. The maximum absolute atomic E-state index is 12.8. The molecule has 26 heavy (non-hydrogen) atoms. The van der Waals surface area contributed by atoms with Gasteiger partial charge in [-0.3, -0.25) is 0 Å². The number of halogens is 2. The molecule has 2 unspecified atom stereocenters. The number of ether oxygens (including phenoxy) is 2. The van der Waals surface area contributed by atoms with Gasteiger partial charge < -0.3 is 14.8 Å². The third kappa shape index (κ3) is 3.58. The highest BCUT2D eigenvalue weighted by molar-refractivity contribution is 7.89. The molecule has 3 fully saturated rings. The normalized spacial score (nSPS) is 29.7. The van der Waals surface area contributed by atoms with Crippen LogP contribution in [0.4, 0.5) is 8.78 Å². The van der Waals surface area contributed by atoms with Gasteiger partial charge in [0.25, 0.3) is 0 Å². The van der Waals surface area contributed by atoms with E-state index in [1.165, 1.54) is 28.6 Å². The van der Waals surface area contributed by atoms with Crippen molar-refractivity contribution in [2.45, 2.75) is 36.4 Å². The van der Waals surface area contributed by atoms with E-state index in [1.54, 1.807) is 0 Å². The van der Waals surface area contributed by atoms with Gasteiger partial charge in [0.05, 0.1) is 24.2 Å². The van der Waals surface area contributed by atoms with Crippen LogP contribution >= 0.6 is 0 Å². The maximum Gasteiger partial charge on any atom is 0.387 e. The first-order valence-corrected chi connectivity index (χ1v) is 10.2. The van der Waals surface area contributed by atoms with Crippen LogP contribution in [0.2, 0.25) is 0 Å². The largest absolute Gasteiger partial charge is 0.435 e. The fourth-order valence-corrected chi connectivity index (χ4v) is 5.75. The average molecular weight is 388 g/mol. The Hall–Kier alpha value is -1.29. The van der Waals surface area contributed by atoms with Crippen molar-refractivity contribution >= 4 is 10.0 Å². The summed E-state index contributed by atoms with van der Waals surface area (Å²) in [5, 5.41) is 3.58. The van der Waals surface area contributed by atoms with Crippen LogP contribution in [-0.4, -0.2) is 57.7 Å². The highest BCUT2D eigenvalue weighted by Gasteiger charge is 2.45. The molecule has 2 heterocycles. The van der Waals surface area contributed by atoms with E-state index in [1.807, 2.05) is 0 Å². The summed E-state index contributed by atoms with van der Waals surface area (Å²) in [6, 6.07) is 6.04. The Morgan fingerprint density at radius 3 is 2.19 bits per heavy atom. The van der Waals surface area contributed by atoms with E-state index in [2.05, 4.69) is 10.1 Å². The van der Waals surface area contributed by atoms with Crippen LogP contribution < -0.4 is 10.1 Å². The topological polar surface area (TPSA) is 67.9 Å². The Bertz CT molecular complexity index is 726. The summed E-state index contributed by atoms with van der Waals surface area (Å²) in [6.45, 7) is -0.373. The number of sulfonamides is 1. The Morgan fingerprint density at radius 1 is 1.08 bits per heavy atom. The molecule has 6 nitrogen and oxygen atoms in total. The summed E-state index contributed by atoms with van der Waals surface area (Å²) < 4.78 is 61.0. The molecule has 2 aliphatic heterocycles. The molecule has 1 aliphatic carbocycles. The van der Waals surface area contributed by atoms with Crippen LogP contribution in [0.3, 0.4) is 0 Å². The van der Waals surface area contributed by atoms with Gasteiger partial charge in [-0.05, 0) is 48.9 Å². The first-order valence-electron chi connectivity index (χ1n) is 8.80. The zero-order valence-corrected chi connectivity index (χ0v) is 15.0. The number of benzene rings is 1. The van der Waals surface area contributed by atoms with E-state index in [4.69, 9.17) is 4.74 Å². The van der Waals surface area contributed by atoms with Gasteiger partial charge in [0, 0.05) is 19.1 Å². The van der Waals surface area contributed by atoms with Crippen molar-refractivity contribution in [1.29, 1.82) is 0 Å². The van der Waals surface area contributed by atoms with Crippen molar-refractivity contribution in [2.75, 3.05) is 26.3 Å². The second kappa shape index (κ2) is 7.03. The van der Waals surface area contributed by atoms with Crippen molar-refractivity contribution in [3.8, 4) is 5.75 Å². The van der Waals surface area contributed by atoms with Crippen molar-refractivity contribution in [3.05, 3.63) is 24.3 Å². The number of nitrogens with one attached hydrogen (secondary N) is 1. The molecule has 0 spiro atoms. The first kappa shape index (κ1) is 18.1. The average Bonchev–Trinajstić information content (AvgIpc) is 3.09. The lowest BCUT2D eigenvalue weighted by molar-refractivity contribution is -0.0498. The molecule has 1 aromatic rings. The Balaban J connectivity index is 1.37. The van der Waals surface area contributed by atoms with Gasteiger partial charge in [0.1, 0.15) is 5.75 Å². The van der Waals surface area contributed by atoms with Gasteiger partial charge in [-0.25, -0.2) is 8.42 Å². The molecule has 2 saturated heterocycles. The van der Waals surface area contributed by atoms with Crippen LogP contribution in [-0.2, 0) is 14.8 Å². The predicted molar refractivity (Wildman–Crippen MR) is 89.6 cm³/mol. The lowest BCUT2D eigenvalue weighted by Crippen LogP contribution is -2.50. The number of fused-ring (bicyclic) bond motifs is 1. The third-order valence-corrected chi connectivity index (χ3v) is 7.36. The van der Waals surface area contributed by atoms with Gasteiger partial charge >= 0.3 is 6.61 Å². The van der Waals surface area contributed by atoms with E-state index < -0.39 is 16.6 Å². The third-order valence-electron chi connectivity index (χ3n) is 5.51. The van der Waals surface area contributed by atoms with E-state index >= 15 is 0 Å². The van der Waals surface area contributed by atoms with Gasteiger partial charge in [-0.1, -0.05) is 0 Å². The lowest BCUT2D eigenvalue weighted by Gasteiger charge is -2.30. The summed E-state index contributed by atoms with van der Waals surface area (Å²) in [4.78, 5) is 0.111. The molecule has 0 aromatic heterocycles. The minimum atomic E-state index is -3.61. The Labute approximate surface area is 151 Å². The standard InChI is InChI=1S/C17H22F2N2O4S/c18-17(19)25-15-1-3-16(4-2-15)26(22,23)21-7-11-5-13(6-12(11)8-21)20-14-9-24-10-14/h1-4,11-14,17,20H,5-10H2. The molecule has 1 aromatic carbocycles. The van der Waals surface area contributed by atoms with Crippen LogP contribution in [0, 0.1) is 11.8 Å². The first-order chi connectivity index (χ1) is 12.4. The highest BCUT2D eigenvalue weighted by atomic mass is 32.2. The van der Waals surface area contributed by atoms with Gasteiger partial charge in [0.15, 0.2) is 0 Å². The molecule has 3 aliphatic rings. The van der Waals surface area contributed by atoms with Gasteiger partial charge in [-0.2, -0.15) is 13.1 Å². The molecular formula is C17H22F2N2O4S. The molecule has 1 saturated carbocycles. The van der Waals surface area contributed by atoms with Crippen molar-refractivity contribution in [2.24, 2.45) is 11.8 Å². The van der Waals surface area contributed by atoms with E-state index in [0.717, 1.165) is 26.1 Å². The number of nitrogens with zero attached hydrogens (tertiary/aromatic N) is 1. The molecule has 0 bridgehead atoms. The quantitative estimate of drug-likeness (QED) is 0.803. The Morgan fingerprint density at radius 2 is 1.69 bits per heavy atom. The summed E-state index contributed by atoms with van der Waals surface area (Å²) in [6.07, 6.45) is 1.96. The summed E-state index contributed by atoms with van der Waals surface area (Å²) in [5.74, 6) is 0.681. The number of alkyl halides is 2. The van der Waals surface area contributed by atoms with Crippen LogP contribution in [0.1, 0.15) is 12.8 Å². The van der Waals surface area contributed by atoms with Gasteiger partial charge in [0.2, 0.25) is 10.0 Å². The molecule has 2 atom stereocenters. The summed E-state index contributed by atoms with van der Waals surface area (Å²) >= 11 is 0. The SMILES string of the molecule is O=S(=O)(c1ccc(OC(F)F)cc1)N1CC2CC(NC3COC3)CC2C1. The summed E-state index contributed by atoms with van der Waals surface area (Å²) in [7, 11) is -3.61. The molecule has 1 N–H and O–H groups in total. The van der Waals surface area contributed by atoms with Crippen LogP contribution in [0.5, 0.6) is 5.75 Å². The van der Waals surface area contributed by atoms with Crippen molar-refractivity contribution in [1.82, 2.24) is 9.62 Å². The van der Waals surface area contributed by atoms with Gasteiger partial charge in [-0.15, -0.1) is 0 Å².